The topological polar surface area (TPSA) is 65.4 Å². The van der Waals surface area contributed by atoms with Gasteiger partial charge in [-0.3, -0.25) is 0 Å². The molecule has 1 aromatic heterocycles. The summed E-state index contributed by atoms with van der Waals surface area (Å²) in [7, 11) is -3.71. The van der Waals surface area contributed by atoms with Crippen molar-refractivity contribution in [3.05, 3.63) is 66.1 Å². The molecule has 0 aliphatic heterocycles. The lowest BCUT2D eigenvalue weighted by Crippen LogP contribution is -2.18. The predicted molar refractivity (Wildman–Crippen MR) is 95.7 cm³/mol. The molecule has 0 atom stereocenters. The van der Waals surface area contributed by atoms with E-state index in [1.807, 2.05) is 6.92 Å². The number of nitrogens with zero attached hydrogens (tertiary/aromatic N) is 1. The molecule has 0 N–H and O–H groups in total. The molecular formula is C19H18FNO4S. The van der Waals surface area contributed by atoms with Gasteiger partial charge >= 0.3 is 5.97 Å². The van der Waals surface area contributed by atoms with Crippen LogP contribution in [0.2, 0.25) is 0 Å². The van der Waals surface area contributed by atoms with Crippen LogP contribution in [-0.4, -0.2) is 19.1 Å². The number of carbonyl (C=O) groups is 1. The Morgan fingerprint density at radius 2 is 1.81 bits per heavy atom. The normalized spacial score (nSPS) is 11.6. The van der Waals surface area contributed by atoms with Gasteiger partial charge < -0.3 is 4.84 Å². The molecule has 0 fully saturated rings. The molecule has 0 spiro atoms. The SMILES string of the molecule is CCCC(=O)On1cc(S(=O)(=O)Cc2ccc(F)cc2)c2ccccc21. The van der Waals surface area contributed by atoms with Gasteiger partial charge in [0.1, 0.15) is 5.82 Å². The molecule has 0 aliphatic carbocycles. The van der Waals surface area contributed by atoms with E-state index in [2.05, 4.69) is 0 Å². The average Bonchev–Trinajstić information content (AvgIpc) is 2.97. The maximum atomic E-state index is 13.0. The third-order valence-corrected chi connectivity index (χ3v) is 5.61. The van der Waals surface area contributed by atoms with Gasteiger partial charge in [0.25, 0.3) is 0 Å². The molecule has 3 aromatic rings. The van der Waals surface area contributed by atoms with Gasteiger partial charge in [-0.05, 0) is 30.2 Å². The van der Waals surface area contributed by atoms with Crippen molar-refractivity contribution in [3.63, 3.8) is 0 Å². The quantitative estimate of drug-likeness (QED) is 0.661. The van der Waals surface area contributed by atoms with E-state index in [1.54, 1.807) is 24.3 Å². The first kappa shape index (κ1) is 18.1. The number of para-hydroxylation sites is 1. The number of hydrogen-bond donors (Lipinski definition) is 0. The van der Waals surface area contributed by atoms with Crippen molar-refractivity contribution in [2.75, 3.05) is 0 Å². The Balaban J connectivity index is 2.01. The second kappa shape index (κ2) is 7.29. The summed E-state index contributed by atoms with van der Waals surface area (Å²) >= 11 is 0. The monoisotopic (exact) mass is 375 g/mol. The predicted octanol–water partition coefficient (Wildman–Crippen LogP) is 3.51. The molecule has 0 saturated carbocycles. The van der Waals surface area contributed by atoms with Gasteiger partial charge in [-0.1, -0.05) is 37.3 Å². The van der Waals surface area contributed by atoms with Crippen LogP contribution >= 0.6 is 0 Å². The minimum absolute atomic E-state index is 0.0710. The Labute approximate surface area is 150 Å². The van der Waals surface area contributed by atoms with Crippen molar-refractivity contribution in [3.8, 4) is 0 Å². The lowest BCUT2D eigenvalue weighted by atomic mass is 10.2. The first-order chi connectivity index (χ1) is 12.4. The van der Waals surface area contributed by atoms with Gasteiger partial charge in [0.15, 0.2) is 9.84 Å². The smallest absolute Gasteiger partial charge is 0.332 e. The number of sulfone groups is 1. The molecule has 0 amide bonds. The maximum absolute atomic E-state index is 13.0. The number of hydrogen-bond acceptors (Lipinski definition) is 4. The number of halogens is 1. The third-order valence-electron chi connectivity index (χ3n) is 3.90. The van der Waals surface area contributed by atoms with E-state index in [4.69, 9.17) is 4.84 Å². The Morgan fingerprint density at radius 1 is 1.12 bits per heavy atom. The minimum Gasteiger partial charge on any atom is -0.336 e. The summed E-state index contributed by atoms with van der Waals surface area (Å²) in [5, 5.41) is 0.471. The fraction of sp³-hybridized carbons (Fsp3) is 0.211. The lowest BCUT2D eigenvalue weighted by molar-refractivity contribution is -0.143. The molecule has 2 aromatic carbocycles. The van der Waals surface area contributed by atoms with Crippen LogP contribution in [-0.2, 0) is 20.4 Å². The van der Waals surface area contributed by atoms with Crippen LogP contribution in [0.25, 0.3) is 10.9 Å². The van der Waals surface area contributed by atoms with E-state index in [1.165, 1.54) is 35.2 Å². The summed E-state index contributed by atoms with van der Waals surface area (Å²) in [6, 6.07) is 12.1. The van der Waals surface area contributed by atoms with E-state index < -0.39 is 21.6 Å². The average molecular weight is 375 g/mol. The molecule has 0 aliphatic rings. The van der Waals surface area contributed by atoms with Crippen molar-refractivity contribution in [1.29, 1.82) is 0 Å². The van der Waals surface area contributed by atoms with Crippen LogP contribution in [0.3, 0.4) is 0 Å². The third kappa shape index (κ3) is 3.77. The number of benzene rings is 2. The summed E-state index contributed by atoms with van der Waals surface area (Å²) in [5.41, 5.74) is 0.973. The van der Waals surface area contributed by atoms with E-state index in [-0.39, 0.29) is 17.1 Å². The van der Waals surface area contributed by atoms with Crippen LogP contribution < -0.4 is 4.84 Å². The molecule has 0 radical (unpaired) electrons. The molecule has 0 bridgehead atoms. The van der Waals surface area contributed by atoms with Gasteiger partial charge in [-0.15, -0.1) is 0 Å². The second-order valence-electron chi connectivity index (χ2n) is 5.94. The Morgan fingerprint density at radius 3 is 2.50 bits per heavy atom. The van der Waals surface area contributed by atoms with E-state index in [0.717, 1.165) is 0 Å². The van der Waals surface area contributed by atoms with Crippen LogP contribution in [0.5, 0.6) is 0 Å². The Hall–Kier alpha value is -2.67. The van der Waals surface area contributed by atoms with Crippen molar-refractivity contribution >= 4 is 26.7 Å². The van der Waals surface area contributed by atoms with Gasteiger partial charge in [-0.25, -0.2) is 17.6 Å². The summed E-state index contributed by atoms with van der Waals surface area (Å²) in [6.07, 6.45) is 2.19. The van der Waals surface area contributed by atoms with Crippen LogP contribution in [0.1, 0.15) is 25.3 Å². The van der Waals surface area contributed by atoms with E-state index in [9.17, 15) is 17.6 Å². The zero-order valence-corrected chi connectivity index (χ0v) is 15.0. The summed E-state index contributed by atoms with van der Waals surface area (Å²) < 4.78 is 40.0. The van der Waals surface area contributed by atoms with Crippen LogP contribution in [0, 0.1) is 5.82 Å². The Kier molecular flexibility index (Phi) is 5.08. The highest BCUT2D eigenvalue weighted by Gasteiger charge is 2.23. The summed E-state index contributed by atoms with van der Waals surface area (Å²) in [4.78, 5) is 17.2. The van der Waals surface area contributed by atoms with Gasteiger partial charge in [0, 0.05) is 11.8 Å². The van der Waals surface area contributed by atoms with Gasteiger partial charge in [0.05, 0.1) is 22.4 Å². The molecule has 7 heteroatoms. The summed E-state index contributed by atoms with van der Waals surface area (Å²) in [6.45, 7) is 1.85. The van der Waals surface area contributed by atoms with Crippen molar-refractivity contribution < 1.29 is 22.4 Å². The number of aromatic nitrogens is 1. The molecule has 136 valence electrons. The number of rotatable bonds is 6. The molecule has 0 unspecified atom stereocenters. The molecule has 5 nitrogen and oxygen atoms in total. The highest BCUT2D eigenvalue weighted by atomic mass is 32.2. The molecule has 0 saturated heterocycles. The fourth-order valence-corrected chi connectivity index (χ4v) is 4.23. The minimum atomic E-state index is -3.71. The van der Waals surface area contributed by atoms with Gasteiger partial charge in [-0.2, -0.15) is 4.73 Å². The second-order valence-corrected chi connectivity index (χ2v) is 7.89. The Bertz CT molecular complexity index is 1040. The van der Waals surface area contributed by atoms with Crippen molar-refractivity contribution in [1.82, 2.24) is 4.73 Å². The molecule has 3 rings (SSSR count). The van der Waals surface area contributed by atoms with E-state index >= 15 is 0 Å². The van der Waals surface area contributed by atoms with Crippen LogP contribution in [0.4, 0.5) is 4.39 Å². The fourth-order valence-electron chi connectivity index (χ4n) is 2.68. The maximum Gasteiger partial charge on any atom is 0.332 e. The number of fused-ring (bicyclic) bond motifs is 1. The molecular weight excluding hydrogens is 357 g/mol. The first-order valence-electron chi connectivity index (χ1n) is 8.19. The van der Waals surface area contributed by atoms with Crippen LogP contribution in [0.15, 0.2) is 59.6 Å². The highest BCUT2D eigenvalue weighted by molar-refractivity contribution is 7.90. The summed E-state index contributed by atoms with van der Waals surface area (Å²) in [5.74, 6) is -1.13. The zero-order chi connectivity index (χ0) is 18.7. The lowest BCUT2D eigenvalue weighted by Gasteiger charge is -2.04. The number of carbonyl (C=O) groups excluding carboxylic acids is 1. The van der Waals surface area contributed by atoms with Gasteiger partial charge in [0.2, 0.25) is 0 Å². The van der Waals surface area contributed by atoms with E-state index in [0.29, 0.717) is 22.9 Å². The molecule has 1 heterocycles. The molecule has 26 heavy (non-hydrogen) atoms. The van der Waals surface area contributed by atoms with Crippen molar-refractivity contribution in [2.24, 2.45) is 0 Å². The zero-order valence-electron chi connectivity index (χ0n) is 14.2. The van der Waals surface area contributed by atoms with Crippen molar-refractivity contribution in [2.45, 2.75) is 30.4 Å². The highest BCUT2D eigenvalue weighted by Crippen LogP contribution is 2.27. The first-order valence-corrected chi connectivity index (χ1v) is 9.84. The standard InChI is InChI=1S/C19H18FNO4S/c1-2-5-19(22)25-21-12-18(16-6-3-4-7-17(16)21)26(23,24)13-14-8-10-15(20)11-9-14/h3-4,6-12H,2,5,13H2,1H3. The largest absolute Gasteiger partial charge is 0.336 e.